The SMILES string of the molecule is CCN(CC)NC(=O)c1cc(C)ccc1C. The van der Waals surface area contributed by atoms with Crippen LogP contribution in [0.15, 0.2) is 18.2 Å². The van der Waals surface area contributed by atoms with Crippen LogP contribution in [0.3, 0.4) is 0 Å². The smallest absolute Gasteiger partial charge is 0.265 e. The van der Waals surface area contributed by atoms with Crippen LogP contribution in [0.5, 0.6) is 0 Å². The summed E-state index contributed by atoms with van der Waals surface area (Å²) in [7, 11) is 0. The average molecular weight is 220 g/mol. The Morgan fingerprint density at radius 1 is 1.25 bits per heavy atom. The predicted molar refractivity (Wildman–Crippen MR) is 66.3 cm³/mol. The Kier molecular flexibility index (Phi) is 4.50. The van der Waals surface area contributed by atoms with Crippen LogP contribution >= 0.6 is 0 Å². The van der Waals surface area contributed by atoms with Crippen molar-refractivity contribution in [1.29, 1.82) is 0 Å². The summed E-state index contributed by atoms with van der Waals surface area (Å²) in [5, 5.41) is 1.89. The summed E-state index contributed by atoms with van der Waals surface area (Å²) in [6.45, 7) is 9.62. The normalized spacial score (nSPS) is 10.6. The molecule has 0 saturated heterocycles. The third-order valence-corrected chi connectivity index (χ3v) is 2.66. The van der Waals surface area contributed by atoms with Gasteiger partial charge in [0, 0.05) is 18.7 Å². The molecule has 1 N–H and O–H groups in total. The summed E-state index contributed by atoms with van der Waals surface area (Å²) in [5.41, 5.74) is 5.77. The minimum Gasteiger partial charge on any atom is -0.285 e. The second-order valence-electron chi connectivity index (χ2n) is 3.93. The molecule has 0 bridgehead atoms. The molecule has 0 radical (unpaired) electrons. The maximum absolute atomic E-state index is 12.0. The number of hydrogen-bond donors (Lipinski definition) is 1. The molecule has 0 spiro atoms. The number of carbonyl (C=O) groups is 1. The number of amides is 1. The molecular formula is C13H20N2O. The summed E-state index contributed by atoms with van der Waals surface area (Å²) < 4.78 is 0. The lowest BCUT2D eigenvalue weighted by Gasteiger charge is -2.20. The summed E-state index contributed by atoms with van der Waals surface area (Å²) >= 11 is 0. The number of hydrazine groups is 1. The molecule has 3 nitrogen and oxygen atoms in total. The zero-order valence-corrected chi connectivity index (χ0v) is 10.5. The van der Waals surface area contributed by atoms with E-state index in [1.165, 1.54) is 0 Å². The number of aryl methyl sites for hydroxylation is 2. The van der Waals surface area contributed by atoms with Gasteiger partial charge in [0.25, 0.3) is 5.91 Å². The minimum atomic E-state index is -0.0232. The van der Waals surface area contributed by atoms with Crippen molar-refractivity contribution in [2.45, 2.75) is 27.7 Å². The van der Waals surface area contributed by atoms with Gasteiger partial charge < -0.3 is 0 Å². The van der Waals surface area contributed by atoms with Gasteiger partial charge in [-0.1, -0.05) is 31.5 Å². The third-order valence-electron chi connectivity index (χ3n) is 2.66. The highest BCUT2D eigenvalue weighted by atomic mass is 16.2. The van der Waals surface area contributed by atoms with E-state index in [4.69, 9.17) is 0 Å². The maximum atomic E-state index is 12.0. The monoisotopic (exact) mass is 220 g/mol. The summed E-state index contributed by atoms with van der Waals surface area (Å²) in [4.78, 5) is 12.0. The lowest BCUT2D eigenvalue weighted by Crippen LogP contribution is -2.42. The Morgan fingerprint density at radius 3 is 2.44 bits per heavy atom. The topological polar surface area (TPSA) is 32.3 Å². The second-order valence-corrected chi connectivity index (χ2v) is 3.93. The van der Waals surface area contributed by atoms with E-state index in [9.17, 15) is 4.79 Å². The molecule has 1 aromatic carbocycles. The van der Waals surface area contributed by atoms with Crippen molar-refractivity contribution in [2.24, 2.45) is 0 Å². The van der Waals surface area contributed by atoms with Gasteiger partial charge in [0.15, 0.2) is 0 Å². The minimum absolute atomic E-state index is 0.0232. The number of nitrogens with zero attached hydrogens (tertiary/aromatic N) is 1. The molecule has 1 amide bonds. The molecule has 0 aliphatic carbocycles. The van der Waals surface area contributed by atoms with Crippen molar-refractivity contribution in [3.8, 4) is 0 Å². The molecule has 1 aromatic rings. The standard InChI is InChI=1S/C13H20N2O/c1-5-15(6-2)14-13(16)12-9-10(3)7-8-11(12)4/h7-9H,5-6H2,1-4H3,(H,14,16). The lowest BCUT2D eigenvalue weighted by atomic mass is 10.1. The Morgan fingerprint density at radius 2 is 1.88 bits per heavy atom. The van der Waals surface area contributed by atoms with Crippen LogP contribution < -0.4 is 5.43 Å². The summed E-state index contributed by atoms with van der Waals surface area (Å²) in [6.07, 6.45) is 0. The van der Waals surface area contributed by atoms with Gasteiger partial charge in [-0.15, -0.1) is 0 Å². The van der Waals surface area contributed by atoms with Crippen LogP contribution in [0.4, 0.5) is 0 Å². The van der Waals surface area contributed by atoms with E-state index in [1.807, 2.05) is 50.9 Å². The van der Waals surface area contributed by atoms with Crippen molar-refractivity contribution >= 4 is 5.91 Å². The van der Waals surface area contributed by atoms with Gasteiger partial charge in [0.2, 0.25) is 0 Å². The highest BCUT2D eigenvalue weighted by molar-refractivity contribution is 5.95. The fourth-order valence-electron chi connectivity index (χ4n) is 1.57. The highest BCUT2D eigenvalue weighted by Gasteiger charge is 2.11. The molecule has 0 aliphatic heterocycles. The van der Waals surface area contributed by atoms with Gasteiger partial charge in [-0.3, -0.25) is 10.2 Å². The Hall–Kier alpha value is -1.35. The molecule has 88 valence electrons. The number of benzene rings is 1. The van der Waals surface area contributed by atoms with E-state index >= 15 is 0 Å². The lowest BCUT2D eigenvalue weighted by molar-refractivity contribution is 0.0805. The van der Waals surface area contributed by atoms with Gasteiger partial charge in [-0.05, 0) is 25.5 Å². The first kappa shape index (κ1) is 12.7. The average Bonchev–Trinajstić information content (AvgIpc) is 2.28. The van der Waals surface area contributed by atoms with Crippen LogP contribution in [0, 0.1) is 13.8 Å². The Labute approximate surface area is 97.4 Å². The molecule has 0 aromatic heterocycles. The van der Waals surface area contributed by atoms with Gasteiger partial charge in [0.1, 0.15) is 0 Å². The molecule has 16 heavy (non-hydrogen) atoms. The fraction of sp³-hybridized carbons (Fsp3) is 0.462. The van der Waals surface area contributed by atoms with E-state index in [0.717, 1.165) is 29.8 Å². The number of nitrogens with one attached hydrogen (secondary N) is 1. The quantitative estimate of drug-likeness (QED) is 0.790. The van der Waals surface area contributed by atoms with Crippen molar-refractivity contribution in [3.05, 3.63) is 34.9 Å². The first-order valence-corrected chi connectivity index (χ1v) is 5.71. The van der Waals surface area contributed by atoms with Crippen molar-refractivity contribution < 1.29 is 4.79 Å². The molecular weight excluding hydrogens is 200 g/mol. The third kappa shape index (κ3) is 3.07. The molecule has 0 heterocycles. The highest BCUT2D eigenvalue weighted by Crippen LogP contribution is 2.10. The Bertz CT molecular complexity index is 370. The van der Waals surface area contributed by atoms with Crippen LogP contribution in [0.2, 0.25) is 0 Å². The molecule has 0 fully saturated rings. The maximum Gasteiger partial charge on any atom is 0.265 e. The molecule has 0 saturated carbocycles. The Balaban J connectivity index is 2.83. The fourth-order valence-corrected chi connectivity index (χ4v) is 1.57. The van der Waals surface area contributed by atoms with Crippen LogP contribution in [-0.2, 0) is 0 Å². The van der Waals surface area contributed by atoms with Crippen molar-refractivity contribution in [3.63, 3.8) is 0 Å². The molecule has 1 rings (SSSR count). The first-order valence-electron chi connectivity index (χ1n) is 5.71. The van der Waals surface area contributed by atoms with E-state index in [0.29, 0.717) is 0 Å². The first-order chi connectivity index (χ1) is 7.58. The largest absolute Gasteiger partial charge is 0.285 e. The molecule has 3 heteroatoms. The molecule has 0 aliphatic rings. The predicted octanol–water partition coefficient (Wildman–Crippen LogP) is 2.29. The summed E-state index contributed by atoms with van der Waals surface area (Å²) in [6, 6.07) is 5.92. The molecule has 0 unspecified atom stereocenters. The van der Waals surface area contributed by atoms with Gasteiger partial charge in [-0.2, -0.15) is 0 Å². The van der Waals surface area contributed by atoms with E-state index in [1.54, 1.807) is 0 Å². The molecule has 0 atom stereocenters. The van der Waals surface area contributed by atoms with Crippen molar-refractivity contribution in [2.75, 3.05) is 13.1 Å². The number of rotatable bonds is 4. The van der Waals surface area contributed by atoms with Gasteiger partial charge in [0.05, 0.1) is 0 Å². The van der Waals surface area contributed by atoms with E-state index in [2.05, 4.69) is 5.43 Å². The zero-order valence-electron chi connectivity index (χ0n) is 10.5. The van der Waals surface area contributed by atoms with Crippen LogP contribution in [-0.4, -0.2) is 24.0 Å². The van der Waals surface area contributed by atoms with Crippen LogP contribution in [0.1, 0.15) is 35.3 Å². The number of carbonyl (C=O) groups excluding carboxylic acids is 1. The summed E-state index contributed by atoms with van der Waals surface area (Å²) in [5.74, 6) is -0.0232. The van der Waals surface area contributed by atoms with Gasteiger partial charge in [-0.25, -0.2) is 5.01 Å². The second kappa shape index (κ2) is 5.66. The van der Waals surface area contributed by atoms with Crippen LogP contribution in [0.25, 0.3) is 0 Å². The zero-order chi connectivity index (χ0) is 12.1. The van der Waals surface area contributed by atoms with Crippen molar-refractivity contribution in [1.82, 2.24) is 10.4 Å². The van der Waals surface area contributed by atoms with E-state index < -0.39 is 0 Å². The number of hydrogen-bond acceptors (Lipinski definition) is 2. The van der Waals surface area contributed by atoms with E-state index in [-0.39, 0.29) is 5.91 Å². The van der Waals surface area contributed by atoms with Gasteiger partial charge >= 0.3 is 0 Å².